The van der Waals surface area contributed by atoms with Crippen LogP contribution < -0.4 is 4.90 Å². The van der Waals surface area contributed by atoms with Crippen molar-refractivity contribution in [2.45, 2.75) is 12.5 Å². The highest BCUT2D eigenvalue weighted by Gasteiger charge is 2.17. The van der Waals surface area contributed by atoms with E-state index in [0.29, 0.717) is 11.6 Å². The molecule has 0 bridgehead atoms. The minimum absolute atomic E-state index is 0.0895. The zero-order valence-electron chi connectivity index (χ0n) is 21.8. The van der Waals surface area contributed by atoms with Crippen molar-refractivity contribution >= 4 is 39.9 Å². The van der Waals surface area contributed by atoms with E-state index in [2.05, 4.69) is 93.7 Å². The minimum Gasteiger partial charge on any atom is -0.435 e. The second-order valence-electron chi connectivity index (χ2n) is 9.71. The van der Waals surface area contributed by atoms with Crippen LogP contribution in [0.3, 0.4) is 0 Å². The fraction of sp³-hybridized carbons (Fsp3) is 0.0571. The van der Waals surface area contributed by atoms with E-state index in [0.717, 1.165) is 45.7 Å². The molecule has 2 aromatic heterocycles. The average Bonchev–Trinajstić information content (AvgIpc) is 3.48. The number of para-hydroxylation sites is 4. The van der Waals surface area contributed by atoms with E-state index in [1.54, 1.807) is 0 Å². The molecule has 0 fully saturated rings. The number of aromatic nitrogens is 2. The van der Waals surface area contributed by atoms with E-state index in [9.17, 15) is 0 Å². The van der Waals surface area contributed by atoms with Gasteiger partial charge in [-0.3, -0.25) is 9.98 Å². The fourth-order valence-corrected chi connectivity index (χ4v) is 5.06. The Balaban J connectivity index is 1.07. The molecule has 7 rings (SSSR count). The maximum atomic E-state index is 5.86. The summed E-state index contributed by atoms with van der Waals surface area (Å²) in [5.41, 5.74) is 8.97. The van der Waals surface area contributed by atoms with Gasteiger partial charge in [0.2, 0.25) is 5.89 Å². The van der Waals surface area contributed by atoms with Gasteiger partial charge in [-0.1, -0.05) is 72.8 Å². The summed E-state index contributed by atoms with van der Waals surface area (Å²) in [7, 11) is 0. The number of aliphatic imine (C=N–C) groups is 1. The lowest BCUT2D eigenvalue weighted by Crippen LogP contribution is -2.10. The van der Waals surface area contributed by atoms with Crippen LogP contribution in [-0.2, 0) is 0 Å². The molecule has 0 spiro atoms. The number of allylic oxidation sites excluding steroid dienone is 1. The molecule has 1 aliphatic heterocycles. The Morgan fingerprint density at radius 1 is 0.675 bits per heavy atom. The number of hydrogen-bond donors (Lipinski definition) is 0. The van der Waals surface area contributed by atoms with Gasteiger partial charge in [-0.25, -0.2) is 4.98 Å². The van der Waals surface area contributed by atoms with E-state index in [1.165, 1.54) is 5.56 Å². The van der Waals surface area contributed by atoms with Crippen LogP contribution in [0.15, 0.2) is 143 Å². The van der Waals surface area contributed by atoms with E-state index < -0.39 is 0 Å². The van der Waals surface area contributed by atoms with Crippen molar-refractivity contribution in [3.63, 3.8) is 0 Å². The molecule has 5 nitrogen and oxygen atoms in total. The topological polar surface area (TPSA) is 54.5 Å². The smallest absolute Gasteiger partial charge is 0.246 e. The maximum Gasteiger partial charge on any atom is 0.246 e. The number of anilines is 3. The average molecular weight is 519 g/mol. The lowest BCUT2D eigenvalue weighted by Gasteiger charge is -2.26. The van der Waals surface area contributed by atoms with Crippen LogP contribution >= 0.6 is 0 Å². The molecule has 192 valence electrons. The Bertz CT molecular complexity index is 1730. The molecular weight excluding hydrogens is 492 g/mol. The van der Waals surface area contributed by atoms with Crippen LogP contribution in [0.5, 0.6) is 0 Å². The summed E-state index contributed by atoms with van der Waals surface area (Å²) in [6.45, 7) is 0. The predicted molar refractivity (Wildman–Crippen MR) is 162 cm³/mol. The van der Waals surface area contributed by atoms with Crippen LogP contribution in [0, 0.1) is 0 Å². The molecule has 0 N–H and O–H groups in total. The summed E-state index contributed by atoms with van der Waals surface area (Å²) >= 11 is 0. The lowest BCUT2D eigenvalue weighted by molar-refractivity contribution is 0.617. The number of nitrogens with zero attached hydrogens (tertiary/aromatic N) is 4. The van der Waals surface area contributed by atoms with Crippen molar-refractivity contribution in [3.8, 4) is 11.6 Å². The first kappa shape index (κ1) is 23.8. The molecule has 4 aromatic carbocycles. The Labute approximate surface area is 232 Å². The zero-order chi connectivity index (χ0) is 26.7. The highest BCUT2D eigenvalue weighted by atomic mass is 16.3. The van der Waals surface area contributed by atoms with Crippen molar-refractivity contribution < 1.29 is 4.42 Å². The van der Waals surface area contributed by atoms with Gasteiger partial charge in [-0.15, -0.1) is 0 Å². The highest BCUT2D eigenvalue weighted by Crippen LogP contribution is 2.36. The molecule has 0 saturated carbocycles. The molecule has 1 unspecified atom stereocenters. The Morgan fingerprint density at radius 2 is 1.35 bits per heavy atom. The van der Waals surface area contributed by atoms with E-state index in [4.69, 9.17) is 9.41 Å². The number of fused-ring (bicyclic) bond motifs is 1. The fourth-order valence-electron chi connectivity index (χ4n) is 5.06. The molecule has 1 aliphatic rings. The number of hydrogen-bond acceptors (Lipinski definition) is 5. The number of oxazole rings is 1. The first-order valence-corrected chi connectivity index (χ1v) is 13.4. The molecule has 1 atom stereocenters. The van der Waals surface area contributed by atoms with E-state index in [-0.39, 0.29) is 6.04 Å². The van der Waals surface area contributed by atoms with Crippen LogP contribution in [0.4, 0.5) is 17.1 Å². The van der Waals surface area contributed by atoms with Crippen molar-refractivity contribution in [3.05, 3.63) is 145 Å². The normalized spacial score (nSPS) is 14.7. The first-order chi connectivity index (χ1) is 19.8. The number of benzene rings is 4. The minimum atomic E-state index is 0.0895. The lowest BCUT2D eigenvalue weighted by atomic mass is 9.97. The van der Waals surface area contributed by atoms with Gasteiger partial charge in [0, 0.05) is 35.0 Å². The van der Waals surface area contributed by atoms with Crippen molar-refractivity contribution in [2.75, 3.05) is 4.90 Å². The maximum absolute atomic E-state index is 5.86. The molecule has 5 heteroatoms. The quantitative estimate of drug-likeness (QED) is 0.221. The summed E-state index contributed by atoms with van der Waals surface area (Å²) in [5.74, 6) is 0.528. The van der Waals surface area contributed by atoms with Gasteiger partial charge in [-0.05, 0) is 72.2 Å². The van der Waals surface area contributed by atoms with Crippen LogP contribution in [-0.4, -0.2) is 16.2 Å². The third-order valence-electron chi connectivity index (χ3n) is 7.13. The van der Waals surface area contributed by atoms with Gasteiger partial charge in [0.25, 0.3) is 0 Å². The van der Waals surface area contributed by atoms with Gasteiger partial charge >= 0.3 is 0 Å². The first-order valence-electron chi connectivity index (χ1n) is 13.4. The van der Waals surface area contributed by atoms with Crippen LogP contribution in [0.2, 0.25) is 0 Å². The second kappa shape index (κ2) is 10.5. The number of rotatable bonds is 6. The van der Waals surface area contributed by atoms with E-state index in [1.807, 2.05) is 60.9 Å². The molecule has 0 saturated heterocycles. The molecule has 0 amide bonds. The van der Waals surface area contributed by atoms with E-state index >= 15 is 0 Å². The van der Waals surface area contributed by atoms with Gasteiger partial charge in [0.05, 0.1) is 6.04 Å². The van der Waals surface area contributed by atoms with Gasteiger partial charge < -0.3 is 9.32 Å². The summed E-state index contributed by atoms with van der Waals surface area (Å²) in [6, 6.07) is 41.4. The molecule has 40 heavy (non-hydrogen) atoms. The third kappa shape index (κ3) is 4.69. The molecule has 6 aromatic rings. The summed E-state index contributed by atoms with van der Waals surface area (Å²) in [4.78, 5) is 16.3. The van der Waals surface area contributed by atoms with Crippen molar-refractivity contribution in [1.29, 1.82) is 0 Å². The number of dihydropyridines is 1. The predicted octanol–water partition coefficient (Wildman–Crippen LogP) is 8.96. The Kier molecular flexibility index (Phi) is 6.23. The zero-order valence-corrected chi connectivity index (χ0v) is 21.8. The SMILES string of the molecule is C1=NC(c2ccc(N(c3ccccc3)c3ccccc3)cc2)CC=C1c1ccc(-c2nc3ccccc3o2)nc1. The van der Waals surface area contributed by atoms with Crippen LogP contribution in [0.1, 0.15) is 23.6 Å². The molecular formula is C35H26N4O. The Hall–Kier alpha value is -5.29. The second-order valence-corrected chi connectivity index (χ2v) is 9.71. The third-order valence-corrected chi connectivity index (χ3v) is 7.13. The molecule has 0 aliphatic carbocycles. The Morgan fingerprint density at radius 3 is 1.98 bits per heavy atom. The summed E-state index contributed by atoms with van der Waals surface area (Å²) in [5, 5.41) is 0. The van der Waals surface area contributed by atoms with Crippen LogP contribution in [0.25, 0.3) is 28.3 Å². The summed E-state index contributed by atoms with van der Waals surface area (Å²) < 4.78 is 5.86. The van der Waals surface area contributed by atoms with Gasteiger partial charge in [0.1, 0.15) is 11.2 Å². The van der Waals surface area contributed by atoms with Gasteiger partial charge in [-0.2, -0.15) is 0 Å². The number of pyridine rings is 1. The standard InChI is InChI=1S/C35H26N4O/c1-3-9-28(10-4-1)39(29-11-5-2-6-12-29)30-19-15-25(16-20-30)31-21-17-26(23-36-31)27-18-22-33(37-24-27)35-38-32-13-7-8-14-34(32)40-35/h1-20,22-24,31H,21H2. The van der Waals surface area contributed by atoms with Crippen molar-refractivity contribution in [2.24, 2.45) is 4.99 Å². The highest BCUT2D eigenvalue weighted by molar-refractivity contribution is 6.10. The largest absolute Gasteiger partial charge is 0.435 e. The molecule has 0 radical (unpaired) electrons. The van der Waals surface area contributed by atoms with Gasteiger partial charge in [0.15, 0.2) is 5.58 Å². The van der Waals surface area contributed by atoms with Crippen molar-refractivity contribution in [1.82, 2.24) is 9.97 Å². The summed E-state index contributed by atoms with van der Waals surface area (Å²) in [6.07, 6.45) is 6.89. The molecule has 3 heterocycles. The monoisotopic (exact) mass is 518 g/mol.